The third-order valence-corrected chi connectivity index (χ3v) is 2.17. The van der Waals surface area contributed by atoms with Crippen molar-refractivity contribution in [2.24, 2.45) is 10.9 Å². The van der Waals surface area contributed by atoms with E-state index in [1.165, 1.54) is 12.1 Å². The van der Waals surface area contributed by atoms with Gasteiger partial charge in [-0.15, -0.1) is 0 Å². The Hall–Kier alpha value is -2.15. The third-order valence-electron chi connectivity index (χ3n) is 2.17. The fourth-order valence-corrected chi connectivity index (χ4v) is 1.27. The van der Waals surface area contributed by atoms with Crippen LogP contribution >= 0.6 is 0 Å². The van der Waals surface area contributed by atoms with E-state index in [0.29, 0.717) is 13.1 Å². The average Bonchev–Trinajstić information content (AvgIpc) is 2.34. The van der Waals surface area contributed by atoms with Crippen LogP contribution in [0.5, 0.6) is 0 Å². The minimum absolute atomic E-state index is 0.0818. The maximum Gasteiger partial charge on any atom is 0.269 e. The lowest BCUT2D eigenvalue weighted by molar-refractivity contribution is -0.384. The van der Waals surface area contributed by atoms with Gasteiger partial charge in [0.1, 0.15) is 0 Å². The number of hydrogen-bond acceptors (Lipinski definition) is 5. The Labute approximate surface area is 98.1 Å². The lowest BCUT2D eigenvalue weighted by Gasteiger charge is -2.03. The molecule has 0 fully saturated rings. The normalized spacial score (nSPS) is 11.4. The average molecular weight is 238 g/mol. The van der Waals surface area contributed by atoms with Crippen molar-refractivity contribution in [2.75, 3.05) is 13.1 Å². The van der Waals surface area contributed by atoms with Gasteiger partial charge in [-0.05, 0) is 18.5 Å². The van der Waals surface area contributed by atoms with Gasteiger partial charge >= 0.3 is 0 Å². The second-order valence-corrected chi connectivity index (χ2v) is 3.44. The summed E-state index contributed by atoms with van der Waals surface area (Å²) in [6.07, 6.45) is 0.719. The fourth-order valence-electron chi connectivity index (χ4n) is 1.27. The summed E-state index contributed by atoms with van der Waals surface area (Å²) < 4.78 is 0. The molecule has 4 N–H and O–H groups in total. The largest absolute Gasteiger partial charge is 0.409 e. The molecule has 7 nitrogen and oxygen atoms in total. The Morgan fingerprint density at radius 2 is 2.12 bits per heavy atom. The Balaban J connectivity index is 2.35. The van der Waals surface area contributed by atoms with Crippen molar-refractivity contribution in [3.05, 3.63) is 39.9 Å². The molecule has 0 bridgehead atoms. The molecular weight excluding hydrogens is 224 g/mol. The van der Waals surface area contributed by atoms with Crippen LogP contribution in [-0.2, 0) is 6.42 Å². The van der Waals surface area contributed by atoms with Crippen molar-refractivity contribution in [2.45, 2.75) is 6.42 Å². The highest BCUT2D eigenvalue weighted by molar-refractivity contribution is 5.81. The summed E-state index contributed by atoms with van der Waals surface area (Å²) in [5.41, 5.74) is 6.34. The molecule has 0 aliphatic heterocycles. The molecular formula is C10H14N4O3. The van der Waals surface area contributed by atoms with Crippen molar-refractivity contribution < 1.29 is 10.1 Å². The molecule has 0 atom stereocenters. The van der Waals surface area contributed by atoms with Gasteiger partial charge in [-0.3, -0.25) is 10.1 Å². The van der Waals surface area contributed by atoms with Gasteiger partial charge in [0, 0.05) is 12.1 Å². The van der Waals surface area contributed by atoms with Crippen molar-refractivity contribution in [1.82, 2.24) is 5.32 Å². The predicted octanol–water partition coefficient (Wildman–Crippen LogP) is 0.473. The second kappa shape index (κ2) is 6.44. The first-order chi connectivity index (χ1) is 8.13. The van der Waals surface area contributed by atoms with Gasteiger partial charge in [0.05, 0.1) is 11.5 Å². The van der Waals surface area contributed by atoms with E-state index in [1.807, 2.05) is 0 Å². The summed E-state index contributed by atoms with van der Waals surface area (Å²) in [6, 6.07) is 6.37. The highest BCUT2D eigenvalue weighted by Gasteiger charge is 2.03. The molecule has 0 heterocycles. The zero-order valence-corrected chi connectivity index (χ0v) is 9.17. The summed E-state index contributed by atoms with van der Waals surface area (Å²) in [7, 11) is 0. The number of oxime groups is 1. The van der Waals surface area contributed by atoms with Crippen LogP contribution in [0.15, 0.2) is 29.4 Å². The molecule has 0 radical (unpaired) electrons. The third kappa shape index (κ3) is 4.47. The number of benzene rings is 1. The molecule has 1 rings (SSSR count). The zero-order valence-electron chi connectivity index (χ0n) is 9.17. The molecule has 0 saturated heterocycles. The first kappa shape index (κ1) is 12.9. The van der Waals surface area contributed by atoms with Gasteiger partial charge in [-0.1, -0.05) is 17.3 Å². The number of nitrogens with one attached hydrogen (secondary N) is 1. The van der Waals surface area contributed by atoms with Gasteiger partial charge in [0.15, 0.2) is 5.84 Å². The van der Waals surface area contributed by atoms with Crippen molar-refractivity contribution in [3.8, 4) is 0 Å². The summed E-state index contributed by atoms with van der Waals surface area (Å²) in [4.78, 5) is 9.99. The van der Waals surface area contributed by atoms with Crippen molar-refractivity contribution in [1.29, 1.82) is 0 Å². The molecule has 0 unspecified atom stereocenters. The highest BCUT2D eigenvalue weighted by Crippen LogP contribution is 2.11. The van der Waals surface area contributed by atoms with Gasteiger partial charge in [0.2, 0.25) is 0 Å². The molecule has 0 spiro atoms. The number of non-ortho nitro benzene ring substituents is 1. The Morgan fingerprint density at radius 3 is 2.65 bits per heavy atom. The van der Waals surface area contributed by atoms with Crippen LogP contribution in [0.2, 0.25) is 0 Å². The van der Waals surface area contributed by atoms with Gasteiger partial charge in [-0.25, -0.2) is 0 Å². The van der Waals surface area contributed by atoms with Crippen LogP contribution in [0.1, 0.15) is 5.56 Å². The Kier molecular flexibility index (Phi) is 4.89. The molecule has 0 amide bonds. The van der Waals surface area contributed by atoms with E-state index in [4.69, 9.17) is 10.9 Å². The number of nitro benzene ring substituents is 1. The second-order valence-electron chi connectivity index (χ2n) is 3.44. The molecule has 0 aromatic heterocycles. The van der Waals surface area contributed by atoms with E-state index in [2.05, 4.69) is 10.5 Å². The SMILES string of the molecule is NC(CNCCc1ccc([N+](=O)[O-])cc1)=NO. The summed E-state index contributed by atoms with van der Waals surface area (Å²) in [6.45, 7) is 0.956. The first-order valence-electron chi connectivity index (χ1n) is 5.04. The predicted molar refractivity (Wildman–Crippen MR) is 63.1 cm³/mol. The minimum atomic E-state index is -0.430. The van der Waals surface area contributed by atoms with Crippen LogP contribution in [0.4, 0.5) is 5.69 Å². The van der Waals surface area contributed by atoms with E-state index in [0.717, 1.165) is 12.0 Å². The molecule has 17 heavy (non-hydrogen) atoms. The quantitative estimate of drug-likeness (QED) is 0.166. The summed E-state index contributed by atoms with van der Waals surface area (Å²) >= 11 is 0. The van der Waals surface area contributed by atoms with Crippen LogP contribution in [0.25, 0.3) is 0 Å². The lowest BCUT2D eigenvalue weighted by Crippen LogP contribution is -2.30. The fraction of sp³-hybridized carbons (Fsp3) is 0.300. The van der Waals surface area contributed by atoms with Crippen molar-refractivity contribution >= 4 is 11.5 Å². The van der Waals surface area contributed by atoms with Crippen molar-refractivity contribution in [3.63, 3.8) is 0 Å². The number of amidine groups is 1. The zero-order chi connectivity index (χ0) is 12.7. The molecule has 1 aromatic rings. The standard InChI is InChI=1S/C10H14N4O3/c11-10(13-15)7-12-6-5-8-1-3-9(4-2-8)14(16)17/h1-4,12,15H,5-7H2,(H2,11,13). The maximum atomic E-state index is 10.4. The number of rotatable bonds is 6. The topological polar surface area (TPSA) is 114 Å². The monoisotopic (exact) mass is 238 g/mol. The number of nitrogens with zero attached hydrogens (tertiary/aromatic N) is 2. The van der Waals surface area contributed by atoms with Gasteiger partial charge in [0.25, 0.3) is 5.69 Å². The smallest absolute Gasteiger partial charge is 0.269 e. The molecule has 0 aliphatic carbocycles. The lowest BCUT2D eigenvalue weighted by atomic mass is 10.1. The van der Waals surface area contributed by atoms with Crippen LogP contribution in [0.3, 0.4) is 0 Å². The molecule has 92 valence electrons. The van der Waals surface area contributed by atoms with Crippen LogP contribution in [0, 0.1) is 10.1 Å². The van der Waals surface area contributed by atoms with E-state index in [1.54, 1.807) is 12.1 Å². The Bertz CT molecular complexity index is 403. The summed E-state index contributed by atoms with van der Waals surface area (Å²) in [5.74, 6) is 0.119. The van der Waals surface area contributed by atoms with E-state index >= 15 is 0 Å². The van der Waals surface area contributed by atoms with E-state index in [9.17, 15) is 10.1 Å². The van der Waals surface area contributed by atoms with Gasteiger partial charge in [-0.2, -0.15) is 0 Å². The summed E-state index contributed by atoms with van der Waals surface area (Å²) in [5, 5.41) is 24.5. The number of nitro groups is 1. The van der Waals surface area contributed by atoms with E-state index in [-0.39, 0.29) is 11.5 Å². The first-order valence-corrected chi connectivity index (χ1v) is 5.04. The molecule has 1 aromatic carbocycles. The number of hydrogen-bond donors (Lipinski definition) is 3. The molecule has 7 heteroatoms. The minimum Gasteiger partial charge on any atom is -0.409 e. The maximum absolute atomic E-state index is 10.4. The molecule has 0 aliphatic rings. The van der Waals surface area contributed by atoms with Crippen LogP contribution in [-0.4, -0.2) is 29.1 Å². The van der Waals surface area contributed by atoms with E-state index < -0.39 is 4.92 Å². The molecule has 0 saturated carbocycles. The highest BCUT2D eigenvalue weighted by atomic mass is 16.6. The Morgan fingerprint density at radius 1 is 1.47 bits per heavy atom. The van der Waals surface area contributed by atoms with Gasteiger partial charge < -0.3 is 16.3 Å². The van der Waals surface area contributed by atoms with Crippen LogP contribution < -0.4 is 11.1 Å². The number of nitrogens with two attached hydrogens (primary N) is 1.